The molecule has 1 amide bonds. The molecule has 5 nitrogen and oxygen atoms in total. The van der Waals surface area contributed by atoms with E-state index in [4.69, 9.17) is 0 Å². The van der Waals surface area contributed by atoms with Gasteiger partial charge in [0.05, 0.1) is 6.54 Å². The third-order valence-electron chi connectivity index (χ3n) is 5.63. The molecule has 2 aliphatic rings. The summed E-state index contributed by atoms with van der Waals surface area (Å²) in [6.07, 6.45) is 6.68. The molecule has 24 heavy (non-hydrogen) atoms. The molecule has 1 saturated heterocycles. The number of nitrogens with zero attached hydrogens (tertiary/aromatic N) is 4. The van der Waals surface area contributed by atoms with Crippen LogP contribution in [-0.2, 0) is 4.79 Å². The monoisotopic (exact) mass is 330 g/mol. The lowest BCUT2D eigenvalue weighted by Gasteiger charge is -2.37. The van der Waals surface area contributed by atoms with Crippen LogP contribution in [0.5, 0.6) is 0 Å². The Morgan fingerprint density at radius 2 is 1.88 bits per heavy atom. The molecule has 3 rings (SSSR count). The second kappa shape index (κ2) is 7.97. The van der Waals surface area contributed by atoms with Gasteiger partial charge in [-0.05, 0) is 43.7 Å². The number of hydrogen-bond acceptors (Lipinski definition) is 4. The van der Waals surface area contributed by atoms with Crippen molar-refractivity contribution in [2.24, 2.45) is 5.92 Å². The molecule has 2 heterocycles. The average Bonchev–Trinajstić information content (AvgIpc) is 2.63. The second-order valence-corrected chi connectivity index (χ2v) is 7.37. The van der Waals surface area contributed by atoms with Crippen LogP contribution >= 0.6 is 0 Å². The number of anilines is 1. The summed E-state index contributed by atoms with van der Waals surface area (Å²) in [5, 5.41) is 0. The Labute approximate surface area is 145 Å². The molecule has 2 fully saturated rings. The number of pyridine rings is 1. The van der Waals surface area contributed by atoms with E-state index in [0.717, 1.165) is 50.8 Å². The van der Waals surface area contributed by atoms with Crippen LogP contribution < -0.4 is 4.90 Å². The molecule has 1 saturated carbocycles. The van der Waals surface area contributed by atoms with Gasteiger partial charge in [-0.25, -0.2) is 4.98 Å². The maximum Gasteiger partial charge on any atom is 0.236 e. The van der Waals surface area contributed by atoms with Crippen molar-refractivity contribution in [3.63, 3.8) is 0 Å². The Hall–Kier alpha value is -1.62. The van der Waals surface area contributed by atoms with Gasteiger partial charge in [-0.15, -0.1) is 0 Å². The largest absolute Gasteiger partial charge is 0.354 e. The number of piperazine rings is 1. The fraction of sp³-hybridized carbons (Fsp3) is 0.684. The lowest BCUT2D eigenvalue weighted by molar-refractivity contribution is -0.134. The van der Waals surface area contributed by atoms with Crippen molar-refractivity contribution in [3.8, 4) is 0 Å². The van der Waals surface area contributed by atoms with E-state index in [1.165, 1.54) is 12.8 Å². The maximum absolute atomic E-state index is 12.6. The molecule has 5 heteroatoms. The maximum atomic E-state index is 12.6. The highest BCUT2D eigenvalue weighted by Gasteiger charge is 2.27. The Morgan fingerprint density at radius 1 is 1.17 bits per heavy atom. The quantitative estimate of drug-likeness (QED) is 0.849. The van der Waals surface area contributed by atoms with Gasteiger partial charge < -0.3 is 9.80 Å². The van der Waals surface area contributed by atoms with Gasteiger partial charge in [0.2, 0.25) is 5.91 Å². The minimum absolute atomic E-state index is 0.279. The number of hydrogen-bond donors (Lipinski definition) is 0. The van der Waals surface area contributed by atoms with Gasteiger partial charge >= 0.3 is 0 Å². The van der Waals surface area contributed by atoms with E-state index < -0.39 is 0 Å². The Morgan fingerprint density at radius 3 is 2.50 bits per heavy atom. The molecule has 1 aromatic rings. The molecule has 0 unspecified atom stereocenters. The summed E-state index contributed by atoms with van der Waals surface area (Å²) in [6.45, 7) is 6.61. The van der Waals surface area contributed by atoms with E-state index in [1.807, 2.05) is 30.3 Å². The molecule has 0 aromatic carbocycles. The smallest absolute Gasteiger partial charge is 0.236 e. The summed E-state index contributed by atoms with van der Waals surface area (Å²) < 4.78 is 0. The number of likely N-dealkylation sites (N-methyl/N-ethyl adjacent to an activating group) is 1. The first kappa shape index (κ1) is 17.2. The van der Waals surface area contributed by atoms with Gasteiger partial charge in [-0.1, -0.05) is 13.0 Å². The van der Waals surface area contributed by atoms with Gasteiger partial charge in [0.1, 0.15) is 5.82 Å². The van der Waals surface area contributed by atoms with Crippen molar-refractivity contribution in [2.45, 2.75) is 38.6 Å². The first-order valence-electron chi connectivity index (χ1n) is 9.27. The van der Waals surface area contributed by atoms with Gasteiger partial charge in [-0.3, -0.25) is 9.69 Å². The van der Waals surface area contributed by atoms with Crippen molar-refractivity contribution in [3.05, 3.63) is 24.4 Å². The second-order valence-electron chi connectivity index (χ2n) is 7.37. The Kier molecular flexibility index (Phi) is 5.72. The van der Waals surface area contributed by atoms with Crippen LogP contribution in [0.25, 0.3) is 0 Å². The van der Waals surface area contributed by atoms with Gasteiger partial charge in [-0.2, -0.15) is 0 Å². The molecule has 1 aromatic heterocycles. The first-order chi connectivity index (χ1) is 11.6. The third-order valence-corrected chi connectivity index (χ3v) is 5.63. The predicted molar refractivity (Wildman–Crippen MR) is 97.1 cm³/mol. The van der Waals surface area contributed by atoms with Crippen molar-refractivity contribution >= 4 is 11.7 Å². The third kappa shape index (κ3) is 4.26. The van der Waals surface area contributed by atoms with E-state index in [2.05, 4.69) is 27.8 Å². The minimum atomic E-state index is 0.279. The van der Waals surface area contributed by atoms with Crippen LogP contribution in [0.4, 0.5) is 5.82 Å². The molecule has 0 atom stereocenters. The standard InChI is InChI=1S/C19H30N4O/c1-16-6-8-17(9-7-16)21(2)19(24)15-22-11-13-23(14-12-22)18-5-3-4-10-20-18/h3-5,10,16-17H,6-9,11-15H2,1-2H3. The lowest BCUT2D eigenvalue weighted by Crippen LogP contribution is -2.51. The van der Waals surface area contributed by atoms with Crippen molar-refractivity contribution < 1.29 is 4.79 Å². The lowest BCUT2D eigenvalue weighted by atomic mass is 9.87. The normalized spacial score (nSPS) is 25.5. The van der Waals surface area contributed by atoms with Crippen LogP contribution in [0.3, 0.4) is 0 Å². The molecule has 0 spiro atoms. The average molecular weight is 330 g/mol. The van der Waals surface area contributed by atoms with Crippen molar-refractivity contribution in [1.82, 2.24) is 14.8 Å². The molecule has 132 valence electrons. The van der Waals surface area contributed by atoms with Crippen LogP contribution in [0, 0.1) is 5.92 Å². The molecule has 0 bridgehead atoms. The van der Waals surface area contributed by atoms with Crippen LogP contribution in [-0.4, -0.2) is 66.5 Å². The van der Waals surface area contributed by atoms with E-state index in [0.29, 0.717) is 12.6 Å². The molecule has 0 N–H and O–H groups in total. The first-order valence-corrected chi connectivity index (χ1v) is 9.27. The highest BCUT2D eigenvalue weighted by molar-refractivity contribution is 5.78. The number of rotatable bonds is 4. The highest BCUT2D eigenvalue weighted by atomic mass is 16.2. The van der Waals surface area contributed by atoms with Gasteiger partial charge in [0, 0.05) is 45.5 Å². The van der Waals surface area contributed by atoms with Crippen molar-refractivity contribution in [2.75, 3.05) is 44.7 Å². The van der Waals surface area contributed by atoms with Crippen LogP contribution in [0.2, 0.25) is 0 Å². The summed E-state index contributed by atoms with van der Waals surface area (Å²) in [7, 11) is 1.99. The Balaban J connectivity index is 1.44. The summed E-state index contributed by atoms with van der Waals surface area (Å²) in [5.41, 5.74) is 0. The van der Waals surface area contributed by atoms with E-state index in [9.17, 15) is 4.79 Å². The van der Waals surface area contributed by atoms with Gasteiger partial charge in [0.25, 0.3) is 0 Å². The van der Waals surface area contributed by atoms with E-state index >= 15 is 0 Å². The summed E-state index contributed by atoms with van der Waals surface area (Å²) in [4.78, 5) is 23.6. The summed E-state index contributed by atoms with van der Waals surface area (Å²) in [5.74, 6) is 2.14. The fourth-order valence-electron chi connectivity index (χ4n) is 3.81. The van der Waals surface area contributed by atoms with E-state index in [-0.39, 0.29) is 5.91 Å². The van der Waals surface area contributed by atoms with Crippen LogP contribution in [0.1, 0.15) is 32.6 Å². The zero-order valence-electron chi connectivity index (χ0n) is 15.0. The topological polar surface area (TPSA) is 39.7 Å². The van der Waals surface area contributed by atoms with E-state index in [1.54, 1.807) is 0 Å². The zero-order valence-corrected chi connectivity index (χ0v) is 15.0. The SMILES string of the molecule is CC1CCC(N(C)C(=O)CN2CCN(c3ccccn3)CC2)CC1. The van der Waals surface area contributed by atoms with Crippen LogP contribution in [0.15, 0.2) is 24.4 Å². The number of carbonyl (C=O) groups excluding carboxylic acids is 1. The predicted octanol–water partition coefficient (Wildman–Crippen LogP) is 2.24. The molecule has 0 radical (unpaired) electrons. The van der Waals surface area contributed by atoms with Crippen molar-refractivity contribution in [1.29, 1.82) is 0 Å². The number of amides is 1. The molecule has 1 aliphatic heterocycles. The Bertz CT molecular complexity index is 519. The summed E-state index contributed by atoms with van der Waals surface area (Å²) in [6, 6.07) is 6.47. The molecular formula is C19H30N4O. The zero-order chi connectivity index (χ0) is 16.9. The molecular weight excluding hydrogens is 300 g/mol. The summed E-state index contributed by atoms with van der Waals surface area (Å²) >= 11 is 0. The van der Waals surface area contributed by atoms with Gasteiger partial charge in [0.15, 0.2) is 0 Å². The number of carbonyl (C=O) groups is 1. The fourth-order valence-corrected chi connectivity index (χ4v) is 3.81. The minimum Gasteiger partial charge on any atom is -0.354 e. The number of aromatic nitrogens is 1. The highest BCUT2D eigenvalue weighted by Crippen LogP contribution is 2.26. The molecule has 1 aliphatic carbocycles.